The average molecular weight is 1040 g/mol. The van der Waals surface area contributed by atoms with Crippen LogP contribution in [0.4, 0.5) is 0 Å². The van der Waals surface area contributed by atoms with Crippen molar-refractivity contribution in [2.45, 2.75) is 106 Å². The molecule has 72 heavy (non-hydrogen) atoms. The van der Waals surface area contributed by atoms with Gasteiger partial charge in [-0.05, 0) is 61.9 Å². The second-order valence-corrected chi connectivity index (χ2v) is 19.6. The maximum atomic E-state index is 14.5. The van der Waals surface area contributed by atoms with Crippen LogP contribution in [0.5, 0.6) is 5.75 Å². The number of phenols is 1. The van der Waals surface area contributed by atoms with E-state index in [4.69, 9.17) is 28.7 Å². The molecule has 27 heteroatoms. The summed E-state index contributed by atoms with van der Waals surface area (Å²) in [6.07, 6.45) is -1.10. The Morgan fingerprint density at radius 3 is 1.89 bits per heavy atom. The molecule has 0 radical (unpaired) electrons. The van der Waals surface area contributed by atoms with E-state index in [0.717, 1.165) is 21.6 Å². The number of benzene rings is 2. The fourth-order valence-electron chi connectivity index (χ4n) is 7.62. The van der Waals surface area contributed by atoms with Gasteiger partial charge in [0.2, 0.25) is 65.0 Å². The lowest BCUT2D eigenvalue weighted by Crippen LogP contribution is -2.61. The fourth-order valence-corrected chi connectivity index (χ4v) is 9.90. The number of hydrogen-bond acceptors (Lipinski definition) is 16. The lowest BCUT2D eigenvalue weighted by atomic mass is 10.0. The van der Waals surface area contributed by atoms with Crippen LogP contribution in [0, 0.1) is 0 Å². The number of aromatic hydroxyl groups is 1. The Kier molecular flexibility index (Phi) is 23.0. The average Bonchev–Trinajstić information content (AvgIpc) is 3.84. The smallest absolute Gasteiger partial charge is 0.246 e. The molecule has 0 aliphatic carbocycles. The zero-order valence-corrected chi connectivity index (χ0v) is 40.9. The molecule has 18 N–H and O–H groups in total. The Labute approximate surface area is 422 Å². The summed E-state index contributed by atoms with van der Waals surface area (Å²) < 4.78 is 0. The molecule has 3 unspecified atom stereocenters. The van der Waals surface area contributed by atoms with Gasteiger partial charge in [-0.2, -0.15) is 0 Å². The highest BCUT2D eigenvalue weighted by atomic mass is 33.1. The zero-order chi connectivity index (χ0) is 52.9. The molecule has 0 spiro atoms. The highest BCUT2D eigenvalue weighted by Gasteiger charge is 2.40. The summed E-state index contributed by atoms with van der Waals surface area (Å²) in [6, 6.07) is 3.04. The van der Waals surface area contributed by atoms with Gasteiger partial charge >= 0.3 is 0 Å². The van der Waals surface area contributed by atoms with Crippen LogP contribution in [-0.4, -0.2) is 154 Å². The molecule has 2 heterocycles. The molecule has 392 valence electrons. The number of carbonyl (C=O) groups excluding carboxylic acids is 11. The normalized spacial score (nSPS) is 23.2. The van der Waals surface area contributed by atoms with E-state index in [1.165, 1.54) is 29.2 Å². The predicted octanol–water partition coefficient (Wildman–Crippen LogP) is -4.72. The molecule has 2 fully saturated rings. The summed E-state index contributed by atoms with van der Waals surface area (Å²) in [7, 11) is 2.02. The minimum Gasteiger partial charge on any atom is -0.508 e. The molecule has 2 aliphatic heterocycles. The monoisotopic (exact) mass is 1040 g/mol. The lowest BCUT2D eigenvalue weighted by Gasteiger charge is -2.31. The van der Waals surface area contributed by atoms with Crippen LogP contribution in [0.3, 0.4) is 0 Å². The highest BCUT2D eigenvalue weighted by molar-refractivity contribution is 8.76. The van der Waals surface area contributed by atoms with Crippen molar-refractivity contribution in [3.8, 4) is 5.75 Å². The standard InChI is InChI=1S/C45H63N13O12S2/c46-16-4-8-28(39(64)51-21-37(50)62)53-44(69)34-9-5-17-58(34)45(70)33-23-72-71-22-27(47)38(63)54-30(19-25-10-12-26(59)13-11-25)42(67)55-31(18-24-6-2-1-3-7-24)41(66)52-29(14-15-35(48)60)40(65)56-32(20-36(49)61)43(68)57-33/h1-3,6-7,10-13,27-34,59H,4-5,8-9,14-23,46-47H2,(H2,48,60)(H2,49,61)(H2,50,62)(H,51,64)(H,52,66)(H,53,69)(H,54,63)(H,55,67)(H,56,65)(H,57,68)/t27-,28-,29?,30?,31-,32-,33?,34-/m0/s1. The number of nitrogens with two attached hydrogens (primary N) is 5. The van der Waals surface area contributed by atoms with Crippen molar-refractivity contribution in [2.75, 3.05) is 31.1 Å². The third-order valence-electron chi connectivity index (χ3n) is 11.4. The van der Waals surface area contributed by atoms with Gasteiger partial charge in [0, 0.05) is 37.3 Å². The minimum absolute atomic E-state index is 0.0281. The molecule has 0 aromatic heterocycles. The van der Waals surface area contributed by atoms with Crippen LogP contribution >= 0.6 is 21.6 Å². The molecule has 0 bridgehead atoms. The fraction of sp³-hybridized carbons (Fsp3) is 0.489. The minimum atomic E-state index is -1.78. The maximum absolute atomic E-state index is 14.5. The van der Waals surface area contributed by atoms with Crippen molar-refractivity contribution in [1.29, 1.82) is 0 Å². The van der Waals surface area contributed by atoms with Crippen LogP contribution in [0.2, 0.25) is 0 Å². The topological polar surface area (TPSA) is 426 Å². The number of carbonyl (C=O) groups is 11. The molecule has 25 nitrogen and oxygen atoms in total. The van der Waals surface area contributed by atoms with Crippen molar-refractivity contribution in [1.82, 2.24) is 42.1 Å². The number of rotatable bonds is 18. The molecule has 0 saturated carbocycles. The second kappa shape index (κ2) is 28.8. The van der Waals surface area contributed by atoms with E-state index in [1.54, 1.807) is 30.3 Å². The van der Waals surface area contributed by atoms with E-state index < -0.39 is 139 Å². The second-order valence-electron chi connectivity index (χ2n) is 17.1. The first kappa shape index (κ1) is 57.6. The Morgan fingerprint density at radius 1 is 0.708 bits per heavy atom. The van der Waals surface area contributed by atoms with Gasteiger partial charge in [0.15, 0.2) is 0 Å². The van der Waals surface area contributed by atoms with Gasteiger partial charge in [-0.3, -0.25) is 52.7 Å². The van der Waals surface area contributed by atoms with Gasteiger partial charge in [-0.25, -0.2) is 0 Å². The summed E-state index contributed by atoms with van der Waals surface area (Å²) in [6.45, 7) is -0.299. The van der Waals surface area contributed by atoms with Gasteiger partial charge in [0.25, 0.3) is 0 Å². The van der Waals surface area contributed by atoms with E-state index >= 15 is 0 Å². The van der Waals surface area contributed by atoms with E-state index in [2.05, 4.69) is 37.2 Å². The van der Waals surface area contributed by atoms with Crippen LogP contribution in [0.15, 0.2) is 54.6 Å². The number of likely N-dealkylation sites (tertiary alicyclic amines) is 1. The third-order valence-corrected chi connectivity index (χ3v) is 13.8. The Balaban J connectivity index is 1.71. The van der Waals surface area contributed by atoms with Gasteiger partial charge in [0.1, 0.15) is 48.0 Å². The zero-order valence-electron chi connectivity index (χ0n) is 39.3. The van der Waals surface area contributed by atoms with Gasteiger partial charge in [-0.15, -0.1) is 0 Å². The van der Waals surface area contributed by atoms with E-state index in [1.807, 2.05) is 0 Å². The van der Waals surface area contributed by atoms with Crippen molar-refractivity contribution in [2.24, 2.45) is 28.7 Å². The molecule has 2 aliphatic rings. The lowest BCUT2D eigenvalue weighted by molar-refractivity contribution is -0.142. The molecule has 2 aromatic rings. The molecule has 11 amide bonds. The summed E-state index contributed by atoms with van der Waals surface area (Å²) in [5.41, 5.74) is 29.2. The van der Waals surface area contributed by atoms with Crippen molar-refractivity contribution >= 4 is 86.6 Å². The summed E-state index contributed by atoms with van der Waals surface area (Å²) in [4.78, 5) is 149. The third kappa shape index (κ3) is 18.7. The summed E-state index contributed by atoms with van der Waals surface area (Å²) in [5, 5.41) is 27.6. The molecule has 8 atom stereocenters. The highest BCUT2D eigenvalue weighted by Crippen LogP contribution is 2.26. The van der Waals surface area contributed by atoms with Crippen LogP contribution in [0.25, 0.3) is 0 Å². The number of amides is 11. The first-order chi connectivity index (χ1) is 34.3. The number of primary amides is 3. The van der Waals surface area contributed by atoms with E-state index in [9.17, 15) is 57.8 Å². The SMILES string of the molecule is NCCC[C@H](NC(=O)[C@@H]1CCCN1C(=O)C1CSSC[C@H](N)C(=O)NC(Cc2ccc(O)cc2)C(=O)N[C@@H](Cc2ccccc2)C(=O)NC(CCC(N)=O)C(=O)N[C@@H](CC(N)=O)C(=O)N1)C(=O)NCC(N)=O. The molecule has 4 rings (SSSR count). The van der Waals surface area contributed by atoms with E-state index in [0.29, 0.717) is 24.0 Å². The first-order valence-electron chi connectivity index (χ1n) is 23.0. The van der Waals surface area contributed by atoms with Crippen LogP contribution in [-0.2, 0) is 65.6 Å². The van der Waals surface area contributed by atoms with Gasteiger partial charge < -0.3 is 75.9 Å². The van der Waals surface area contributed by atoms with Crippen molar-refractivity contribution in [3.63, 3.8) is 0 Å². The molecule has 2 saturated heterocycles. The number of nitrogens with zero attached hydrogens (tertiary/aromatic N) is 1. The van der Waals surface area contributed by atoms with Gasteiger partial charge in [-0.1, -0.05) is 64.1 Å². The number of hydrogen-bond donors (Lipinski definition) is 13. The predicted molar refractivity (Wildman–Crippen MR) is 264 cm³/mol. The molecular formula is C45H63N13O12S2. The number of nitrogens with one attached hydrogen (secondary N) is 7. The van der Waals surface area contributed by atoms with Gasteiger partial charge in [0.05, 0.1) is 19.0 Å². The maximum Gasteiger partial charge on any atom is 0.246 e. The molecule has 2 aromatic carbocycles. The summed E-state index contributed by atoms with van der Waals surface area (Å²) in [5.74, 6) is -10.1. The van der Waals surface area contributed by atoms with Crippen molar-refractivity contribution in [3.05, 3.63) is 65.7 Å². The largest absolute Gasteiger partial charge is 0.508 e. The van der Waals surface area contributed by atoms with Crippen LogP contribution < -0.4 is 65.9 Å². The number of phenolic OH excluding ortho intramolecular Hbond substituents is 1. The van der Waals surface area contributed by atoms with E-state index in [-0.39, 0.29) is 56.0 Å². The van der Waals surface area contributed by atoms with Crippen LogP contribution in [0.1, 0.15) is 56.1 Å². The quantitative estimate of drug-likeness (QED) is 0.0624. The Morgan fingerprint density at radius 2 is 1.28 bits per heavy atom. The Hall–Kier alpha value is -6.97. The summed E-state index contributed by atoms with van der Waals surface area (Å²) >= 11 is 0. The molecular weight excluding hydrogens is 979 g/mol. The first-order valence-corrected chi connectivity index (χ1v) is 25.5. The van der Waals surface area contributed by atoms with Crippen molar-refractivity contribution < 1.29 is 57.8 Å². The Bertz CT molecular complexity index is 2280.